The van der Waals surface area contributed by atoms with Crippen molar-refractivity contribution in [1.82, 2.24) is 24.8 Å². The highest BCUT2D eigenvalue weighted by molar-refractivity contribution is 6.46. The Morgan fingerprint density at radius 1 is 1.19 bits per heavy atom. The number of morpholine rings is 1. The summed E-state index contributed by atoms with van der Waals surface area (Å²) in [6.07, 6.45) is 5.44. The maximum atomic E-state index is 13.1. The molecule has 4 rings (SSSR count). The fourth-order valence-electron chi connectivity index (χ4n) is 4.25. The van der Waals surface area contributed by atoms with Gasteiger partial charge in [0, 0.05) is 44.8 Å². The van der Waals surface area contributed by atoms with E-state index in [1.807, 2.05) is 6.07 Å². The summed E-state index contributed by atoms with van der Waals surface area (Å²) in [7, 11) is 0. The summed E-state index contributed by atoms with van der Waals surface area (Å²) in [6, 6.07) is 2.85. The number of nitrogens with zero attached hydrogens (tertiary/aromatic N) is 5. The Labute approximate surface area is 186 Å². The van der Waals surface area contributed by atoms with Crippen molar-refractivity contribution in [2.24, 2.45) is 0 Å². The zero-order valence-electron chi connectivity index (χ0n) is 18.3. The second kappa shape index (κ2) is 9.54. The van der Waals surface area contributed by atoms with Crippen LogP contribution in [0.1, 0.15) is 35.1 Å². The van der Waals surface area contributed by atoms with Gasteiger partial charge in [0.05, 0.1) is 36.1 Å². The number of aromatic nitrogens is 3. The predicted molar refractivity (Wildman–Crippen MR) is 117 cm³/mol. The SMILES string of the molecule is Cc1ncc(/C(O)=C2\C(=O)C(=O)N(CCCN3CCOCC3)C2c2cccnc2)c(C)n1. The van der Waals surface area contributed by atoms with E-state index in [0.717, 1.165) is 19.6 Å². The van der Waals surface area contributed by atoms with E-state index in [2.05, 4.69) is 19.9 Å². The van der Waals surface area contributed by atoms with Crippen LogP contribution >= 0.6 is 0 Å². The van der Waals surface area contributed by atoms with Crippen LogP contribution < -0.4 is 0 Å². The molecule has 0 aliphatic carbocycles. The van der Waals surface area contributed by atoms with Crippen LogP contribution in [-0.4, -0.2) is 80.9 Å². The lowest BCUT2D eigenvalue weighted by atomic mass is 9.96. The van der Waals surface area contributed by atoms with E-state index in [9.17, 15) is 14.7 Å². The molecule has 2 aliphatic rings. The van der Waals surface area contributed by atoms with Crippen molar-refractivity contribution in [2.75, 3.05) is 39.4 Å². The summed E-state index contributed by atoms with van der Waals surface area (Å²) in [6.45, 7) is 7.81. The van der Waals surface area contributed by atoms with Gasteiger partial charge in [0.15, 0.2) is 0 Å². The van der Waals surface area contributed by atoms with Crippen LogP contribution in [0.4, 0.5) is 0 Å². The molecule has 0 spiro atoms. The first-order valence-electron chi connectivity index (χ1n) is 10.8. The number of carbonyl (C=O) groups excluding carboxylic acids is 2. The molecule has 1 N–H and O–H groups in total. The van der Waals surface area contributed by atoms with Gasteiger partial charge < -0.3 is 14.7 Å². The van der Waals surface area contributed by atoms with Gasteiger partial charge in [-0.2, -0.15) is 0 Å². The third kappa shape index (κ3) is 4.39. The second-order valence-corrected chi connectivity index (χ2v) is 8.00. The molecule has 1 unspecified atom stereocenters. The summed E-state index contributed by atoms with van der Waals surface area (Å²) in [4.78, 5) is 42.5. The standard InChI is InChI=1S/C23H27N5O4/c1-15-18(14-25-16(2)26-15)21(29)19-20(17-5-3-6-24-13-17)28(23(31)22(19)30)8-4-7-27-9-11-32-12-10-27/h3,5-6,13-14,20,29H,4,7-12H2,1-2H3/b21-19+. The van der Waals surface area contributed by atoms with Crippen LogP contribution in [0.15, 0.2) is 36.3 Å². The highest BCUT2D eigenvalue weighted by Crippen LogP contribution is 2.39. The topological polar surface area (TPSA) is 109 Å². The maximum absolute atomic E-state index is 13.1. The first kappa shape index (κ1) is 22.0. The minimum Gasteiger partial charge on any atom is -0.507 e. The Balaban J connectivity index is 1.67. The summed E-state index contributed by atoms with van der Waals surface area (Å²) in [5, 5.41) is 11.1. The first-order valence-corrected chi connectivity index (χ1v) is 10.8. The predicted octanol–water partition coefficient (Wildman–Crippen LogP) is 1.63. The third-order valence-corrected chi connectivity index (χ3v) is 5.87. The van der Waals surface area contributed by atoms with Crippen LogP contribution in [0.2, 0.25) is 0 Å². The largest absolute Gasteiger partial charge is 0.507 e. The number of aliphatic hydroxyl groups is 1. The van der Waals surface area contributed by atoms with Crippen LogP contribution in [0.5, 0.6) is 0 Å². The Morgan fingerprint density at radius 3 is 2.66 bits per heavy atom. The molecule has 1 amide bonds. The molecule has 1 atom stereocenters. The van der Waals surface area contributed by atoms with Crippen molar-refractivity contribution < 1.29 is 19.4 Å². The Bertz CT molecular complexity index is 1030. The first-order chi connectivity index (χ1) is 15.5. The minimum absolute atomic E-state index is 0.0462. The number of pyridine rings is 1. The minimum atomic E-state index is -0.714. The number of ether oxygens (including phenoxy) is 1. The van der Waals surface area contributed by atoms with Gasteiger partial charge in [0.25, 0.3) is 11.7 Å². The van der Waals surface area contributed by atoms with Gasteiger partial charge in [-0.25, -0.2) is 9.97 Å². The van der Waals surface area contributed by atoms with Crippen molar-refractivity contribution in [3.8, 4) is 0 Å². The van der Waals surface area contributed by atoms with E-state index in [-0.39, 0.29) is 11.3 Å². The highest BCUT2D eigenvalue weighted by Gasteiger charge is 2.46. The molecule has 0 radical (unpaired) electrons. The van der Waals surface area contributed by atoms with Crippen molar-refractivity contribution in [3.63, 3.8) is 0 Å². The number of aliphatic hydroxyl groups excluding tert-OH is 1. The number of hydrogen-bond acceptors (Lipinski definition) is 8. The smallest absolute Gasteiger partial charge is 0.295 e. The molecule has 9 nitrogen and oxygen atoms in total. The number of aryl methyl sites for hydroxylation is 2. The fourth-order valence-corrected chi connectivity index (χ4v) is 4.25. The van der Waals surface area contributed by atoms with Crippen molar-refractivity contribution in [2.45, 2.75) is 26.3 Å². The molecule has 168 valence electrons. The number of ketones is 1. The average Bonchev–Trinajstić information content (AvgIpc) is 3.05. The molecule has 0 aromatic carbocycles. The molecule has 2 aliphatic heterocycles. The summed E-state index contributed by atoms with van der Waals surface area (Å²) >= 11 is 0. The number of likely N-dealkylation sites (tertiary alicyclic amines) is 1. The van der Waals surface area contributed by atoms with Crippen molar-refractivity contribution in [3.05, 3.63) is 58.9 Å². The number of rotatable bonds is 6. The Hall–Kier alpha value is -3.17. The molecule has 0 saturated carbocycles. The van der Waals surface area contributed by atoms with Crippen LogP contribution in [-0.2, 0) is 14.3 Å². The van der Waals surface area contributed by atoms with Gasteiger partial charge in [-0.1, -0.05) is 6.07 Å². The zero-order chi connectivity index (χ0) is 22.7. The molecule has 2 saturated heterocycles. The molecule has 32 heavy (non-hydrogen) atoms. The molecular weight excluding hydrogens is 410 g/mol. The van der Waals surface area contributed by atoms with Crippen LogP contribution in [0.25, 0.3) is 5.76 Å². The van der Waals surface area contributed by atoms with Crippen molar-refractivity contribution >= 4 is 17.4 Å². The molecule has 2 aromatic rings. The molecule has 2 aromatic heterocycles. The molecule has 2 fully saturated rings. The number of hydrogen-bond donors (Lipinski definition) is 1. The van der Waals surface area contributed by atoms with E-state index in [1.165, 1.54) is 11.1 Å². The van der Waals surface area contributed by atoms with E-state index >= 15 is 0 Å². The normalized spacial score (nSPS) is 21.3. The lowest BCUT2D eigenvalue weighted by molar-refractivity contribution is -0.140. The zero-order valence-corrected chi connectivity index (χ0v) is 18.3. The van der Waals surface area contributed by atoms with Gasteiger partial charge in [-0.3, -0.25) is 19.5 Å². The highest BCUT2D eigenvalue weighted by atomic mass is 16.5. The van der Waals surface area contributed by atoms with Gasteiger partial charge >= 0.3 is 0 Å². The van der Waals surface area contributed by atoms with Crippen LogP contribution in [0, 0.1) is 13.8 Å². The quantitative estimate of drug-likeness (QED) is 0.413. The third-order valence-electron chi connectivity index (χ3n) is 5.87. The number of Topliss-reactive ketones (excluding diaryl/α,β-unsaturated/α-hetero) is 1. The van der Waals surface area contributed by atoms with Gasteiger partial charge in [0.1, 0.15) is 11.6 Å². The van der Waals surface area contributed by atoms with E-state index < -0.39 is 17.7 Å². The van der Waals surface area contributed by atoms with Gasteiger partial charge in [-0.15, -0.1) is 0 Å². The Morgan fingerprint density at radius 2 is 1.97 bits per heavy atom. The maximum Gasteiger partial charge on any atom is 0.295 e. The number of carbonyl (C=O) groups is 2. The van der Waals surface area contributed by atoms with E-state index in [4.69, 9.17) is 4.74 Å². The lowest BCUT2D eigenvalue weighted by Crippen LogP contribution is -2.39. The summed E-state index contributed by atoms with van der Waals surface area (Å²) < 4.78 is 5.38. The molecule has 4 heterocycles. The van der Waals surface area contributed by atoms with E-state index in [1.54, 1.807) is 32.3 Å². The fraction of sp³-hybridized carbons (Fsp3) is 0.435. The second-order valence-electron chi connectivity index (χ2n) is 8.00. The molecular formula is C23H27N5O4. The van der Waals surface area contributed by atoms with Gasteiger partial charge in [0.2, 0.25) is 0 Å². The van der Waals surface area contributed by atoms with Crippen molar-refractivity contribution in [1.29, 1.82) is 0 Å². The molecule has 9 heteroatoms. The van der Waals surface area contributed by atoms with E-state index in [0.29, 0.717) is 48.8 Å². The number of amides is 1. The summed E-state index contributed by atoms with van der Waals surface area (Å²) in [5.74, 6) is -1.02. The lowest BCUT2D eigenvalue weighted by Gasteiger charge is -2.29. The Kier molecular flexibility index (Phi) is 6.57. The monoisotopic (exact) mass is 437 g/mol. The van der Waals surface area contributed by atoms with Crippen LogP contribution in [0.3, 0.4) is 0 Å². The van der Waals surface area contributed by atoms with Gasteiger partial charge in [-0.05, 0) is 31.9 Å². The average molecular weight is 438 g/mol. The molecule has 0 bridgehead atoms. The summed E-state index contributed by atoms with van der Waals surface area (Å²) in [5.41, 5.74) is 1.60.